The number of amidine groups is 1. The average molecular weight is 748 g/mol. The molecule has 0 radical (unpaired) electrons. The van der Waals surface area contributed by atoms with Crippen LogP contribution in [-0.4, -0.2) is 19.8 Å². The number of halogens is 4. The molecule has 1 aliphatic heterocycles. The highest BCUT2D eigenvalue weighted by Gasteiger charge is 2.12. The summed E-state index contributed by atoms with van der Waals surface area (Å²) in [6.07, 6.45) is 1.67. The standard InChI is InChI=1S/C29H22BrCl2IN6O/c30-21-12-14-26(40-18-19-11-13-22(31)16-25(19)32)20(15-21)17-34-39-29-37-27(35-23-7-3-1-4-8-23)33-28(38-29)36-24-9-5-2-6-10-24/h1-17H,18H2,(H3,35,36,37,38,39)/b34-17+. The molecule has 3 N–H and O–H groups in total. The Labute approximate surface area is 260 Å². The van der Waals surface area contributed by atoms with Crippen LogP contribution in [0.2, 0.25) is 10.0 Å². The molecule has 202 valence electrons. The van der Waals surface area contributed by atoms with Gasteiger partial charge in [0, 0.05) is 57.8 Å². The zero-order valence-electron chi connectivity index (χ0n) is 20.8. The van der Waals surface area contributed by atoms with Crippen molar-refractivity contribution in [3.8, 4) is 5.75 Å². The molecular weight excluding hydrogens is 726 g/mol. The summed E-state index contributed by atoms with van der Waals surface area (Å²) in [5, 5.41) is 12.4. The van der Waals surface area contributed by atoms with E-state index >= 15 is 0 Å². The number of anilines is 2. The quantitative estimate of drug-likeness (QED) is 0.0734. The van der Waals surface area contributed by atoms with Gasteiger partial charge in [0.25, 0.3) is 0 Å². The molecule has 0 fully saturated rings. The molecule has 4 aromatic carbocycles. The van der Waals surface area contributed by atoms with E-state index in [0.29, 0.717) is 21.8 Å². The third-order valence-electron chi connectivity index (χ3n) is 5.37. The SMILES string of the molecule is Clc1ccc(COc2ccc(Br)cc2/C=N/NC2=NC(Nc3ccccc3)=IC(Nc3ccccc3)=N2)c(Cl)c1. The van der Waals surface area contributed by atoms with Crippen molar-refractivity contribution in [3.63, 3.8) is 0 Å². The van der Waals surface area contributed by atoms with E-state index < -0.39 is 20.7 Å². The minimum Gasteiger partial charge on any atom is -0.488 e. The highest BCUT2D eigenvalue weighted by molar-refractivity contribution is 14.2. The van der Waals surface area contributed by atoms with Crippen molar-refractivity contribution in [2.75, 3.05) is 10.6 Å². The van der Waals surface area contributed by atoms with E-state index in [2.05, 4.69) is 47.1 Å². The van der Waals surface area contributed by atoms with Crippen molar-refractivity contribution >= 4 is 91.0 Å². The lowest BCUT2D eigenvalue weighted by atomic mass is 10.2. The highest BCUT2D eigenvalue weighted by atomic mass is 127. The monoisotopic (exact) mass is 746 g/mol. The van der Waals surface area contributed by atoms with Gasteiger partial charge in [0.2, 0.25) is 5.96 Å². The van der Waals surface area contributed by atoms with Crippen LogP contribution < -0.4 is 20.8 Å². The number of para-hydroxylation sites is 2. The molecule has 5 rings (SSSR count). The number of hydrazone groups is 1. The molecule has 40 heavy (non-hydrogen) atoms. The Hall–Kier alpha value is -3.25. The lowest BCUT2D eigenvalue weighted by molar-refractivity contribution is 0.306. The lowest BCUT2D eigenvalue weighted by Gasteiger charge is -2.14. The molecular formula is C29H22BrCl2IN6O. The number of ether oxygens (including phenoxy) is 1. The van der Waals surface area contributed by atoms with Gasteiger partial charge in [-0.3, -0.25) is 0 Å². The predicted octanol–water partition coefficient (Wildman–Crippen LogP) is 8.27. The zero-order valence-corrected chi connectivity index (χ0v) is 26.0. The summed E-state index contributed by atoms with van der Waals surface area (Å²) in [5.41, 5.74) is 6.49. The summed E-state index contributed by atoms with van der Waals surface area (Å²) in [4.78, 5) is 9.37. The van der Waals surface area contributed by atoms with Crippen molar-refractivity contribution < 1.29 is 4.74 Å². The maximum atomic E-state index is 6.31. The largest absolute Gasteiger partial charge is 0.488 e. The summed E-state index contributed by atoms with van der Waals surface area (Å²) in [5.74, 6) is 1.01. The fraction of sp³-hybridized carbons (Fsp3) is 0.0345. The van der Waals surface area contributed by atoms with Crippen LogP contribution in [0.15, 0.2) is 117 Å². The molecule has 1 heterocycles. The second-order valence-corrected chi connectivity index (χ2v) is 12.6. The van der Waals surface area contributed by atoms with E-state index in [1.807, 2.05) is 84.9 Å². The molecule has 1 aliphatic rings. The maximum absolute atomic E-state index is 6.31. The highest BCUT2D eigenvalue weighted by Crippen LogP contribution is 2.26. The lowest BCUT2D eigenvalue weighted by Crippen LogP contribution is -2.25. The number of hydrogen-bond acceptors (Lipinski definition) is 7. The topological polar surface area (TPSA) is 82.4 Å². The molecule has 0 amide bonds. The third kappa shape index (κ3) is 8.14. The Balaban J connectivity index is 1.33. The number of hydrogen-bond donors (Lipinski definition) is 3. The van der Waals surface area contributed by atoms with Crippen molar-refractivity contribution in [1.82, 2.24) is 5.43 Å². The molecule has 0 bridgehead atoms. The van der Waals surface area contributed by atoms with Crippen LogP contribution >= 0.6 is 59.9 Å². The van der Waals surface area contributed by atoms with Crippen LogP contribution in [0, 0.1) is 0 Å². The van der Waals surface area contributed by atoms with Crippen LogP contribution in [0.1, 0.15) is 11.1 Å². The fourth-order valence-electron chi connectivity index (χ4n) is 3.48. The van der Waals surface area contributed by atoms with Gasteiger partial charge in [-0.25, -0.2) is 5.43 Å². The van der Waals surface area contributed by atoms with Crippen LogP contribution in [0.25, 0.3) is 0 Å². The Kier molecular flexibility index (Phi) is 9.82. The number of rotatable bonds is 8. The van der Waals surface area contributed by atoms with E-state index in [9.17, 15) is 0 Å². The Morgan fingerprint density at radius 1 is 0.850 bits per heavy atom. The summed E-state index contributed by atoms with van der Waals surface area (Å²) in [7, 11) is 0. The first kappa shape index (κ1) is 28.3. The molecule has 0 aromatic heterocycles. The van der Waals surface area contributed by atoms with Crippen molar-refractivity contribution in [1.29, 1.82) is 0 Å². The Morgan fingerprint density at radius 3 is 2.30 bits per heavy atom. The molecule has 11 heteroatoms. The first-order chi connectivity index (χ1) is 19.5. The van der Waals surface area contributed by atoms with Crippen molar-refractivity contribution in [3.05, 3.63) is 123 Å². The summed E-state index contributed by atoms with van der Waals surface area (Å²) < 4.78 is 8.62. The minimum absolute atomic E-state index is 0.282. The van der Waals surface area contributed by atoms with Crippen LogP contribution in [0.3, 0.4) is 0 Å². The van der Waals surface area contributed by atoms with E-state index in [4.69, 9.17) is 27.9 Å². The number of guanidine groups is 1. The summed E-state index contributed by atoms with van der Waals surface area (Å²) >= 11 is 15.2. The van der Waals surface area contributed by atoms with Gasteiger partial charge >= 0.3 is 0 Å². The number of benzene rings is 4. The number of nitrogens with one attached hydrogen (secondary N) is 3. The third-order valence-corrected chi connectivity index (χ3v) is 8.49. The van der Waals surface area contributed by atoms with Gasteiger partial charge in [-0.2, -0.15) is 15.1 Å². The summed E-state index contributed by atoms with van der Waals surface area (Å²) in [6.45, 7) is 0.282. The second kappa shape index (κ2) is 13.9. The van der Waals surface area contributed by atoms with Gasteiger partial charge in [0.1, 0.15) is 12.4 Å². The maximum Gasteiger partial charge on any atom is 0.248 e. The molecule has 7 nitrogen and oxygen atoms in total. The fourth-order valence-corrected chi connectivity index (χ4v) is 6.39. The number of aliphatic imine (C=N–C) groups is 2. The van der Waals surface area contributed by atoms with Crippen LogP contribution in [-0.2, 0) is 6.61 Å². The van der Waals surface area contributed by atoms with Gasteiger partial charge in [-0.1, -0.05) is 81.6 Å². The van der Waals surface area contributed by atoms with Crippen molar-refractivity contribution in [2.45, 2.75) is 6.61 Å². The predicted molar refractivity (Wildman–Crippen MR) is 180 cm³/mol. The minimum atomic E-state index is -0.679. The van der Waals surface area contributed by atoms with Crippen LogP contribution in [0.4, 0.5) is 11.4 Å². The van der Waals surface area contributed by atoms with Crippen LogP contribution in [0.5, 0.6) is 5.75 Å². The van der Waals surface area contributed by atoms with Crippen molar-refractivity contribution in [2.24, 2.45) is 15.1 Å². The normalized spacial score (nSPS) is 13.0. The molecule has 0 unspecified atom stereocenters. The van der Waals surface area contributed by atoms with E-state index in [1.165, 1.54) is 0 Å². The first-order valence-electron chi connectivity index (χ1n) is 12.0. The molecule has 0 aliphatic carbocycles. The van der Waals surface area contributed by atoms with E-state index in [1.54, 1.807) is 18.3 Å². The van der Waals surface area contributed by atoms with E-state index in [0.717, 1.165) is 34.6 Å². The van der Waals surface area contributed by atoms with Gasteiger partial charge in [0.05, 0.1) is 6.21 Å². The molecule has 0 saturated heterocycles. The van der Waals surface area contributed by atoms with E-state index in [-0.39, 0.29) is 6.61 Å². The Bertz CT molecular complexity index is 1570. The molecule has 0 atom stereocenters. The summed E-state index contributed by atoms with van der Waals surface area (Å²) in [6, 6.07) is 30.9. The molecule has 0 spiro atoms. The Morgan fingerprint density at radius 2 is 1.57 bits per heavy atom. The van der Waals surface area contributed by atoms with Gasteiger partial charge in [-0.15, -0.1) is 0 Å². The van der Waals surface area contributed by atoms with Gasteiger partial charge in [-0.05, 0) is 54.6 Å². The second-order valence-electron chi connectivity index (χ2n) is 8.28. The first-order valence-corrected chi connectivity index (χ1v) is 15.7. The molecule has 4 aromatic rings. The molecule has 0 saturated carbocycles. The average Bonchev–Trinajstić information content (AvgIpc) is 2.94. The smallest absolute Gasteiger partial charge is 0.248 e. The number of nitrogens with zero attached hydrogens (tertiary/aromatic N) is 3. The zero-order chi connectivity index (χ0) is 27.7. The van der Waals surface area contributed by atoms with Gasteiger partial charge < -0.3 is 15.4 Å². The van der Waals surface area contributed by atoms with Gasteiger partial charge in [0.15, 0.2) is 7.60 Å².